The van der Waals surface area contributed by atoms with Crippen LogP contribution in [-0.2, 0) is 0 Å². The molecule has 9 heteroatoms. The summed E-state index contributed by atoms with van der Waals surface area (Å²) in [7, 11) is 0. The lowest BCUT2D eigenvalue weighted by Gasteiger charge is -2.00. The monoisotopic (exact) mass is 383 g/mol. The Morgan fingerprint density at radius 2 is 1.14 bits per heavy atom. The number of rotatable bonds is 8. The number of nitrogens with zero attached hydrogens (tertiary/aromatic N) is 2. The molecule has 0 aliphatic heterocycles. The third-order valence-corrected chi connectivity index (χ3v) is 3.22. The van der Waals surface area contributed by atoms with E-state index < -0.39 is 12.3 Å². The average Bonchev–Trinajstić information content (AvgIpc) is 2.64. The minimum Gasteiger partial charge on any atom is -0.449 e. The van der Waals surface area contributed by atoms with Crippen molar-refractivity contribution in [1.29, 1.82) is 5.41 Å². The Kier molecular flexibility index (Phi) is 7.41. The fourth-order valence-corrected chi connectivity index (χ4v) is 2.02. The first-order valence-corrected chi connectivity index (χ1v) is 8.00. The Balaban J connectivity index is 1.77. The molecule has 0 spiro atoms. The summed E-state index contributed by atoms with van der Waals surface area (Å²) in [5.74, 6) is 0.434. The van der Waals surface area contributed by atoms with Crippen LogP contribution in [0.25, 0.3) is 0 Å². The van der Waals surface area contributed by atoms with Crippen molar-refractivity contribution in [3.63, 3.8) is 0 Å². The second-order valence-electron chi connectivity index (χ2n) is 5.42. The van der Waals surface area contributed by atoms with Gasteiger partial charge in [-0.05, 0) is 59.7 Å². The van der Waals surface area contributed by atoms with Gasteiger partial charge in [0.25, 0.3) is 0 Å². The van der Waals surface area contributed by atoms with Crippen molar-refractivity contribution in [1.82, 2.24) is 0 Å². The van der Waals surface area contributed by atoms with Gasteiger partial charge in [-0.3, -0.25) is 9.98 Å². The molecule has 0 amide bonds. The van der Waals surface area contributed by atoms with Crippen LogP contribution in [0.5, 0.6) is 11.5 Å². The highest BCUT2D eigenvalue weighted by molar-refractivity contribution is 5.90. The lowest BCUT2D eigenvalue weighted by molar-refractivity contribution is 0.143. The molecule has 0 saturated carbocycles. The van der Waals surface area contributed by atoms with Gasteiger partial charge in [0.05, 0.1) is 18.8 Å². The van der Waals surface area contributed by atoms with Crippen molar-refractivity contribution in [3.05, 3.63) is 59.7 Å². The molecule has 0 unspecified atom stereocenters. The van der Waals surface area contributed by atoms with Gasteiger partial charge in [-0.15, -0.1) is 0 Å². The van der Waals surface area contributed by atoms with E-state index in [1.165, 1.54) is 24.3 Å². The van der Waals surface area contributed by atoms with Crippen LogP contribution in [0.3, 0.4) is 0 Å². The molecule has 0 heterocycles. The first-order chi connectivity index (χ1) is 13.4. The Hall–Kier alpha value is -4.01. The van der Waals surface area contributed by atoms with Gasteiger partial charge in [0.2, 0.25) is 0 Å². The van der Waals surface area contributed by atoms with Gasteiger partial charge in [-0.1, -0.05) is 0 Å². The standard InChI is InChI=1S/C19H17N3O6/c20-15(11-21-9-13-1-5-16(6-2-13)27-18(23)24)12-22-10-14-3-7-17(8-4-14)28-19(25)26/h1-10,20H,11-12H2,(H,23,24)(H,25,26). The van der Waals surface area contributed by atoms with E-state index in [4.69, 9.17) is 15.6 Å². The highest BCUT2D eigenvalue weighted by Gasteiger charge is 2.01. The number of carboxylic acid groups (broad SMARTS) is 2. The van der Waals surface area contributed by atoms with E-state index in [0.717, 1.165) is 11.1 Å². The van der Waals surface area contributed by atoms with Crippen molar-refractivity contribution in [3.8, 4) is 11.5 Å². The van der Waals surface area contributed by atoms with Crippen LogP contribution in [0, 0.1) is 5.41 Å². The largest absolute Gasteiger partial charge is 0.511 e. The molecule has 0 radical (unpaired) electrons. The molecule has 0 bridgehead atoms. The summed E-state index contributed by atoms with van der Waals surface area (Å²) < 4.78 is 9.01. The maximum Gasteiger partial charge on any atom is 0.511 e. The van der Waals surface area contributed by atoms with Crippen LogP contribution in [0.1, 0.15) is 11.1 Å². The Morgan fingerprint density at radius 3 is 1.46 bits per heavy atom. The third-order valence-electron chi connectivity index (χ3n) is 3.22. The number of carbonyl (C=O) groups is 2. The number of ether oxygens (including phenoxy) is 2. The van der Waals surface area contributed by atoms with Crippen molar-refractivity contribution < 1.29 is 29.3 Å². The molecule has 2 aromatic rings. The number of hydrogen-bond donors (Lipinski definition) is 3. The fraction of sp³-hybridized carbons (Fsp3) is 0.105. The molecule has 0 aliphatic carbocycles. The zero-order valence-corrected chi connectivity index (χ0v) is 14.6. The molecule has 2 rings (SSSR count). The first-order valence-electron chi connectivity index (χ1n) is 8.00. The van der Waals surface area contributed by atoms with E-state index >= 15 is 0 Å². The zero-order valence-electron chi connectivity index (χ0n) is 14.6. The fourth-order valence-electron chi connectivity index (χ4n) is 2.02. The van der Waals surface area contributed by atoms with Crippen molar-refractivity contribution in [2.24, 2.45) is 9.98 Å². The topological polar surface area (TPSA) is 142 Å². The molecular formula is C19H17N3O6. The van der Waals surface area contributed by atoms with Crippen LogP contribution in [-0.4, -0.2) is 53.8 Å². The maximum absolute atomic E-state index is 10.4. The predicted molar refractivity (Wildman–Crippen MR) is 103 cm³/mol. The van der Waals surface area contributed by atoms with E-state index in [0.29, 0.717) is 5.71 Å². The molecule has 28 heavy (non-hydrogen) atoms. The van der Waals surface area contributed by atoms with Crippen LogP contribution in [0.15, 0.2) is 58.5 Å². The molecule has 3 N–H and O–H groups in total. The smallest absolute Gasteiger partial charge is 0.449 e. The van der Waals surface area contributed by atoms with Gasteiger partial charge < -0.3 is 25.1 Å². The molecule has 0 aromatic heterocycles. The molecule has 144 valence electrons. The lowest BCUT2D eigenvalue weighted by atomic mass is 10.2. The van der Waals surface area contributed by atoms with Crippen LogP contribution in [0.4, 0.5) is 9.59 Å². The van der Waals surface area contributed by atoms with E-state index in [-0.39, 0.29) is 24.6 Å². The first kappa shape index (κ1) is 20.3. The van der Waals surface area contributed by atoms with Crippen LogP contribution in [0.2, 0.25) is 0 Å². The van der Waals surface area contributed by atoms with Crippen LogP contribution < -0.4 is 9.47 Å². The van der Waals surface area contributed by atoms with Crippen molar-refractivity contribution >= 4 is 30.5 Å². The highest BCUT2D eigenvalue weighted by Crippen LogP contribution is 2.12. The summed E-state index contributed by atoms with van der Waals surface area (Å²) in [4.78, 5) is 29.1. The minimum atomic E-state index is -1.38. The molecule has 0 fully saturated rings. The van der Waals surface area contributed by atoms with Gasteiger partial charge >= 0.3 is 12.3 Å². The summed E-state index contributed by atoms with van der Waals surface area (Å²) in [5.41, 5.74) is 1.81. The summed E-state index contributed by atoms with van der Waals surface area (Å²) >= 11 is 0. The Labute approximate surface area is 160 Å². The number of nitrogens with one attached hydrogen (secondary N) is 1. The highest BCUT2D eigenvalue weighted by atomic mass is 16.7. The number of benzene rings is 2. The summed E-state index contributed by atoms with van der Waals surface area (Å²) in [5, 5.41) is 24.9. The van der Waals surface area contributed by atoms with Gasteiger partial charge in [0.15, 0.2) is 0 Å². The van der Waals surface area contributed by atoms with Gasteiger partial charge in [0.1, 0.15) is 11.5 Å². The van der Waals surface area contributed by atoms with Crippen molar-refractivity contribution in [2.75, 3.05) is 13.1 Å². The van der Waals surface area contributed by atoms with Gasteiger partial charge in [0, 0.05) is 12.4 Å². The van der Waals surface area contributed by atoms with Crippen molar-refractivity contribution in [2.45, 2.75) is 0 Å². The lowest BCUT2D eigenvalue weighted by Crippen LogP contribution is -2.06. The minimum absolute atomic E-state index is 0.177. The molecule has 9 nitrogen and oxygen atoms in total. The SMILES string of the molecule is N=C(CN=Cc1ccc(OC(=O)O)cc1)CN=Cc1ccc(OC(=O)O)cc1. The van der Waals surface area contributed by atoms with Crippen LogP contribution >= 0.6 is 0 Å². The average molecular weight is 383 g/mol. The number of aliphatic imine (C=N–C) groups is 2. The Bertz CT molecular complexity index is 815. The summed E-state index contributed by atoms with van der Waals surface area (Å²) in [6, 6.07) is 12.7. The summed E-state index contributed by atoms with van der Waals surface area (Å²) in [6.45, 7) is 0.353. The second kappa shape index (κ2) is 10.2. The molecule has 0 saturated heterocycles. The summed E-state index contributed by atoms with van der Waals surface area (Å²) in [6.07, 6.45) is 0.397. The molecule has 0 atom stereocenters. The molecule has 2 aromatic carbocycles. The van der Waals surface area contributed by atoms with E-state index in [2.05, 4.69) is 19.5 Å². The Morgan fingerprint density at radius 1 is 0.786 bits per heavy atom. The van der Waals surface area contributed by atoms with Gasteiger partial charge in [-0.2, -0.15) is 0 Å². The third kappa shape index (κ3) is 7.48. The van der Waals surface area contributed by atoms with E-state index in [1.54, 1.807) is 36.7 Å². The predicted octanol–water partition coefficient (Wildman–Crippen LogP) is 3.36. The van der Waals surface area contributed by atoms with E-state index in [1.807, 2.05) is 0 Å². The molecule has 0 aliphatic rings. The van der Waals surface area contributed by atoms with Gasteiger partial charge in [-0.25, -0.2) is 9.59 Å². The quantitative estimate of drug-likeness (QED) is 0.362. The zero-order chi connectivity index (χ0) is 20.4. The second-order valence-corrected chi connectivity index (χ2v) is 5.42. The maximum atomic E-state index is 10.4. The van der Waals surface area contributed by atoms with E-state index in [9.17, 15) is 9.59 Å². The normalized spacial score (nSPS) is 10.9. The molecular weight excluding hydrogens is 366 g/mol. The number of hydrogen-bond acceptors (Lipinski definition) is 7.